The van der Waals surface area contributed by atoms with Crippen LogP contribution in [0.2, 0.25) is 10.0 Å². The van der Waals surface area contributed by atoms with Gasteiger partial charge in [-0.3, -0.25) is 0 Å². The fourth-order valence-corrected chi connectivity index (χ4v) is 1.86. The second-order valence-electron chi connectivity index (χ2n) is 3.43. The Kier molecular flexibility index (Phi) is 5.98. The maximum atomic E-state index is 6.14. The van der Waals surface area contributed by atoms with E-state index in [-0.39, 0.29) is 0 Å². The van der Waals surface area contributed by atoms with Gasteiger partial charge in [-0.25, -0.2) is 0 Å². The van der Waals surface area contributed by atoms with Crippen molar-refractivity contribution in [2.45, 2.75) is 6.92 Å². The van der Waals surface area contributed by atoms with E-state index in [2.05, 4.69) is 10.6 Å². The van der Waals surface area contributed by atoms with Crippen molar-refractivity contribution < 1.29 is 4.74 Å². The van der Waals surface area contributed by atoms with Gasteiger partial charge in [0.15, 0.2) is 5.11 Å². The lowest BCUT2D eigenvalue weighted by Crippen LogP contribution is -2.31. The van der Waals surface area contributed by atoms with Crippen molar-refractivity contribution in [1.29, 1.82) is 0 Å². The van der Waals surface area contributed by atoms with Crippen LogP contribution in [0.1, 0.15) is 5.56 Å². The normalized spacial score (nSPS) is 10.1. The van der Waals surface area contributed by atoms with E-state index in [0.29, 0.717) is 34.0 Å². The van der Waals surface area contributed by atoms with Crippen LogP contribution in [0.25, 0.3) is 0 Å². The highest BCUT2D eigenvalue weighted by atomic mass is 35.5. The highest BCUT2D eigenvalue weighted by Gasteiger charge is 2.09. The van der Waals surface area contributed by atoms with Crippen molar-refractivity contribution in [1.82, 2.24) is 5.32 Å². The van der Waals surface area contributed by atoms with Crippen LogP contribution in [-0.4, -0.2) is 25.4 Å². The van der Waals surface area contributed by atoms with Crippen molar-refractivity contribution in [3.63, 3.8) is 0 Å². The summed E-state index contributed by atoms with van der Waals surface area (Å²) in [6.45, 7) is 3.12. The molecule has 0 unspecified atom stereocenters. The molecule has 0 aliphatic rings. The Morgan fingerprint density at radius 1 is 1.41 bits per heavy atom. The van der Waals surface area contributed by atoms with E-state index >= 15 is 0 Å². The minimum atomic E-state index is 0.469. The minimum Gasteiger partial charge on any atom is -0.383 e. The molecule has 0 aliphatic heterocycles. The first-order valence-corrected chi connectivity index (χ1v) is 6.21. The van der Waals surface area contributed by atoms with Crippen LogP contribution < -0.4 is 10.6 Å². The fourth-order valence-electron chi connectivity index (χ4n) is 1.20. The molecule has 0 radical (unpaired) electrons. The van der Waals surface area contributed by atoms with E-state index in [0.717, 1.165) is 5.56 Å². The van der Waals surface area contributed by atoms with E-state index < -0.39 is 0 Å². The first-order valence-electron chi connectivity index (χ1n) is 5.04. The number of aryl methyl sites for hydroxylation is 1. The van der Waals surface area contributed by atoms with Gasteiger partial charge in [0, 0.05) is 13.7 Å². The third-order valence-corrected chi connectivity index (χ3v) is 3.16. The van der Waals surface area contributed by atoms with Gasteiger partial charge in [-0.15, -0.1) is 0 Å². The SMILES string of the molecule is COCCNC(=S)Nc1c(Cl)ccc(C)c1Cl. The van der Waals surface area contributed by atoms with Crippen molar-refractivity contribution in [3.05, 3.63) is 27.7 Å². The molecule has 1 rings (SSSR count). The molecule has 0 aromatic heterocycles. The summed E-state index contributed by atoms with van der Waals surface area (Å²) in [4.78, 5) is 0. The molecule has 6 heteroatoms. The Bertz CT molecular complexity index is 413. The molecular formula is C11H14Cl2N2OS. The van der Waals surface area contributed by atoms with Gasteiger partial charge in [0.05, 0.1) is 22.3 Å². The lowest BCUT2D eigenvalue weighted by atomic mass is 10.2. The summed E-state index contributed by atoms with van der Waals surface area (Å²) in [5.41, 5.74) is 1.57. The van der Waals surface area contributed by atoms with Crippen molar-refractivity contribution in [3.8, 4) is 0 Å². The molecule has 0 bridgehead atoms. The van der Waals surface area contributed by atoms with E-state index in [1.165, 1.54) is 0 Å². The Hall–Kier alpha value is -0.550. The van der Waals surface area contributed by atoms with Crippen LogP contribution in [0.4, 0.5) is 5.69 Å². The molecule has 0 spiro atoms. The minimum absolute atomic E-state index is 0.469. The lowest BCUT2D eigenvalue weighted by molar-refractivity contribution is 0.204. The highest BCUT2D eigenvalue weighted by Crippen LogP contribution is 2.32. The molecule has 94 valence electrons. The van der Waals surface area contributed by atoms with Gasteiger partial charge >= 0.3 is 0 Å². The van der Waals surface area contributed by atoms with Gasteiger partial charge < -0.3 is 15.4 Å². The van der Waals surface area contributed by atoms with Crippen LogP contribution in [0.3, 0.4) is 0 Å². The fraction of sp³-hybridized carbons (Fsp3) is 0.364. The topological polar surface area (TPSA) is 33.3 Å². The van der Waals surface area contributed by atoms with Crippen LogP contribution in [-0.2, 0) is 4.74 Å². The molecule has 0 saturated heterocycles. The smallest absolute Gasteiger partial charge is 0.170 e. The number of benzene rings is 1. The largest absolute Gasteiger partial charge is 0.383 e. The predicted molar refractivity (Wildman–Crippen MR) is 77.3 cm³/mol. The second kappa shape index (κ2) is 7.01. The lowest BCUT2D eigenvalue weighted by Gasteiger charge is -2.14. The summed E-state index contributed by atoms with van der Waals surface area (Å²) in [6.07, 6.45) is 0. The summed E-state index contributed by atoms with van der Waals surface area (Å²) >= 11 is 17.3. The maximum Gasteiger partial charge on any atom is 0.170 e. The van der Waals surface area contributed by atoms with Gasteiger partial charge in [0.25, 0.3) is 0 Å². The number of anilines is 1. The Labute approximate surface area is 116 Å². The summed E-state index contributed by atoms with van der Waals surface area (Å²) in [5.74, 6) is 0. The monoisotopic (exact) mass is 292 g/mol. The third-order valence-electron chi connectivity index (χ3n) is 2.11. The number of hydrogen-bond acceptors (Lipinski definition) is 2. The third kappa shape index (κ3) is 4.32. The van der Waals surface area contributed by atoms with Gasteiger partial charge in [0.2, 0.25) is 0 Å². The van der Waals surface area contributed by atoms with E-state index in [4.69, 9.17) is 40.2 Å². The van der Waals surface area contributed by atoms with E-state index in [1.807, 2.05) is 13.0 Å². The van der Waals surface area contributed by atoms with E-state index in [1.54, 1.807) is 13.2 Å². The number of rotatable bonds is 4. The van der Waals surface area contributed by atoms with E-state index in [9.17, 15) is 0 Å². The zero-order chi connectivity index (χ0) is 12.8. The van der Waals surface area contributed by atoms with Crippen LogP contribution in [0.5, 0.6) is 0 Å². The van der Waals surface area contributed by atoms with Crippen molar-refractivity contribution in [2.24, 2.45) is 0 Å². The molecule has 0 fully saturated rings. The average Bonchev–Trinajstić information content (AvgIpc) is 2.30. The van der Waals surface area contributed by atoms with Gasteiger partial charge in [0.1, 0.15) is 0 Å². The van der Waals surface area contributed by atoms with Crippen molar-refractivity contribution in [2.75, 3.05) is 25.6 Å². The molecular weight excluding hydrogens is 279 g/mol. The Balaban J connectivity index is 2.68. The van der Waals surface area contributed by atoms with Gasteiger partial charge in [-0.1, -0.05) is 29.3 Å². The molecule has 0 heterocycles. The number of nitrogens with one attached hydrogen (secondary N) is 2. The molecule has 17 heavy (non-hydrogen) atoms. The van der Waals surface area contributed by atoms with Gasteiger partial charge in [-0.05, 0) is 30.8 Å². The number of methoxy groups -OCH3 is 1. The first kappa shape index (κ1) is 14.5. The molecule has 2 N–H and O–H groups in total. The summed E-state index contributed by atoms with van der Waals surface area (Å²) in [6, 6.07) is 3.64. The second-order valence-corrected chi connectivity index (χ2v) is 4.62. The maximum absolute atomic E-state index is 6.14. The number of ether oxygens (including phenoxy) is 1. The zero-order valence-electron chi connectivity index (χ0n) is 9.64. The van der Waals surface area contributed by atoms with Crippen LogP contribution in [0, 0.1) is 6.92 Å². The predicted octanol–water partition coefficient (Wildman–Crippen LogP) is 3.23. The summed E-state index contributed by atoms with van der Waals surface area (Å²) in [5, 5.41) is 7.55. The Morgan fingerprint density at radius 2 is 2.12 bits per heavy atom. The average molecular weight is 293 g/mol. The molecule has 0 amide bonds. The van der Waals surface area contributed by atoms with Crippen LogP contribution in [0.15, 0.2) is 12.1 Å². The standard InChI is InChI=1S/C11H14Cl2N2OS/c1-7-3-4-8(12)10(9(7)13)15-11(17)14-5-6-16-2/h3-4H,5-6H2,1-2H3,(H2,14,15,17). The molecule has 0 saturated carbocycles. The summed E-state index contributed by atoms with van der Waals surface area (Å²) in [7, 11) is 1.63. The van der Waals surface area contributed by atoms with Crippen LogP contribution >= 0.6 is 35.4 Å². The number of thiocarbonyl (C=S) groups is 1. The first-order chi connectivity index (χ1) is 8.06. The molecule has 1 aromatic rings. The number of hydrogen-bond donors (Lipinski definition) is 2. The molecule has 3 nitrogen and oxygen atoms in total. The Morgan fingerprint density at radius 3 is 2.76 bits per heavy atom. The molecule has 0 aliphatic carbocycles. The highest BCUT2D eigenvalue weighted by molar-refractivity contribution is 7.80. The molecule has 1 aromatic carbocycles. The zero-order valence-corrected chi connectivity index (χ0v) is 12.0. The van der Waals surface area contributed by atoms with Crippen molar-refractivity contribution >= 4 is 46.2 Å². The number of halogens is 2. The van der Waals surface area contributed by atoms with Gasteiger partial charge in [-0.2, -0.15) is 0 Å². The quantitative estimate of drug-likeness (QED) is 0.659. The summed E-state index contributed by atoms with van der Waals surface area (Å²) < 4.78 is 4.91. The molecule has 0 atom stereocenters.